The van der Waals surface area contributed by atoms with Crippen molar-refractivity contribution < 1.29 is 18.6 Å². The predicted octanol–water partition coefficient (Wildman–Crippen LogP) is 4.52. The maximum Gasteiger partial charge on any atom is 0.203 e. The number of furan rings is 1. The van der Waals surface area contributed by atoms with Gasteiger partial charge in [-0.3, -0.25) is 0 Å². The first-order valence-electron chi connectivity index (χ1n) is 10.2. The summed E-state index contributed by atoms with van der Waals surface area (Å²) in [5.41, 5.74) is 4.33. The Hall–Kier alpha value is -3.15. The number of nitriles is 1. The molecular weight excluding hydrogens is 426 g/mol. The molecule has 0 N–H and O–H groups in total. The molecule has 0 saturated heterocycles. The van der Waals surface area contributed by atoms with E-state index in [1.807, 2.05) is 24.3 Å². The van der Waals surface area contributed by atoms with Crippen molar-refractivity contribution in [3.8, 4) is 34.4 Å². The monoisotopic (exact) mass is 451 g/mol. The normalized spacial score (nSPS) is 13.3. The van der Waals surface area contributed by atoms with Crippen LogP contribution in [0.5, 0.6) is 17.2 Å². The molecule has 1 aliphatic heterocycles. The highest BCUT2D eigenvalue weighted by molar-refractivity contribution is 7.98. The Labute approximate surface area is 191 Å². The van der Waals surface area contributed by atoms with Crippen LogP contribution in [-0.4, -0.2) is 44.8 Å². The molecule has 0 spiro atoms. The highest BCUT2D eigenvalue weighted by Gasteiger charge is 2.27. The van der Waals surface area contributed by atoms with E-state index in [0.29, 0.717) is 40.1 Å². The Morgan fingerprint density at radius 2 is 1.94 bits per heavy atom. The van der Waals surface area contributed by atoms with Crippen molar-refractivity contribution in [3.63, 3.8) is 0 Å². The molecule has 0 saturated carbocycles. The van der Waals surface area contributed by atoms with Crippen molar-refractivity contribution >= 4 is 11.8 Å². The van der Waals surface area contributed by atoms with Crippen molar-refractivity contribution in [2.24, 2.45) is 0 Å². The second-order valence-electron chi connectivity index (χ2n) is 7.47. The molecule has 1 aliphatic rings. The van der Waals surface area contributed by atoms with E-state index in [-0.39, 0.29) is 0 Å². The average Bonchev–Trinajstić information content (AvgIpc) is 3.34. The molecule has 0 amide bonds. The highest BCUT2D eigenvalue weighted by atomic mass is 32.2. The van der Waals surface area contributed by atoms with Crippen LogP contribution in [-0.2, 0) is 18.7 Å². The molecule has 166 valence electrons. The zero-order valence-corrected chi connectivity index (χ0v) is 19.4. The number of hydrogen-bond donors (Lipinski definition) is 0. The number of hydrogen-bond acceptors (Lipinski definition) is 8. The molecule has 1 aromatic carbocycles. The van der Waals surface area contributed by atoms with Crippen LogP contribution in [0.3, 0.4) is 0 Å². The quantitative estimate of drug-likeness (QED) is 0.485. The number of pyridine rings is 1. The minimum Gasteiger partial charge on any atom is -0.493 e. The molecule has 0 atom stereocenters. The SMILES string of the molecule is COc1cc(-c2c(C#N)c(SCc3ccco3)nc3c2CN(C)CC3)cc(OC)c1OC. The Morgan fingerprint density at radius 1 is 1.19 bits per heavy atom. The molecule has 7 nitrogen and oxygen atoms in total. The fourth-order valence-electron chi connectivity index (χ4n) is 3.96. The lowest BCUT2D eigenvalue weighted by Crippen LogP contribution is -2.28. The lowest BCUT2D eigenvalue weighted by molar-refractivity contribution is 0.309. The van der Waals surface area contributed by atoms with Gasteiger partial charge in [-0.15, -0.1) is 0 Å². The van der Waals surface area contributed by atoms with Crippen LogP contribution in [0.1, 0.15) is 22.6 Å². The summed E-state index contributed by atoms with van der Waals surface area (Å²) >= 11 is 1.51. The van der Waals surface area contributed by atoms with Gasteiger partial charge in [0.15, 0.2) is 11.5 Å². The number of fused-ring (bicyclic) bond motifs is 1. The van der Waals surface area contributed by atoms with Gasteiger partial charge in [0.25, 0.3) is 0 Å². The van der Waals surface area contributed by atoms with Gasteiger partial charge in [0.1, 0.15) is 16.9 Å². The van der Waals surface area contributed by atoms with Crippen molar-refractivity contribution in [1.82, 2.24) is 9.88 Å². The van der Waals surface area contributed by atoms with E-state index in [1.54, 1.807) is 27.6 Å². The minimum atomic E-state index is 0.518. The maximum absolute atomic E-state index is 10.2. The highest BCUT2D eigenvalue weighted by Crippen LogP contribution is 2.45. The number of ether oxygens (including phenoxy) is 3. The molecule has 0 fully saturated rings. The second-order valence-corrected chi connectivity index (χ2v) is 8.44. The molecule has 4 rings (SSSR count). The first-order valence-corrected chi connectivity index (χ1v) is 11.2. The van der Waals surface area contributed by atoms with Crippen LogP contribution in [0.4, 0.5) is 0 Å². The summed E-state index contributed by atoms with van der Waals surface area (Å²) in [4.78, 5) is 7.15. The van der Waals surface area contributed by atoms with E-state index in [4.69, 9.17) is 23.6 Å². The van der Waals surface area contributed by atoms with E-state index in [0.717, 1.165) is 41.1 Å². The third kappa shape index (κ3) is 4.14. The van der Waals surface area contributed by atoms with Gasteiger partial charge in [0.2, 0.25) is 5.75 Å². The van der Waals surface area contributed by atoms with Gasteiger partial charge in [0, 0.05) is 30.8 Å². The maximum atomic E-state index is 10.2. The summed E-state index contributed by atoms with van der Waals surface area (Å²) in [6.45, 7) is 1.63. The van der Waals surface area contributed by atoms with E-state index >= 15 is 0 Å². The summed E-state index contributed by atoms with van der Waals surface area (Å²) < 4.78 is 22.1. The Balaban J connectivity index is 1.92. The largest absolute Gasteiger partial charge is 0.493 e. The average molecular weight is 452 g/mol. The fraction of sp³-hybridized carbons (Fsp3) is 0.333. The number of thioether (sulfide) groups is 1. The third-order valence-corrected chi connectivity index (χ3v) is 6.50. The van der Waals surface area contributed by atoms with E-state index in [1.165, 1.54) is 11.8 Å². The van der Waals surface area contributed by atoms with Crippen LogP contribution in [0.25, 0.3) is 11.1 Å². The topological polar surface area (TPSA) is 80.8 Å². The van der Waals surface area contributed by atoms with Crippen LogP contribution < -0.4 is 14.2 Å². The van der Waals surface area contributed by atoms with Gasteiger partial charge in [0.05, 0.1) is 38.9 Å². The molecule has 3 heterocycles. The number of likely N-dealkylation sites (N-methyl/N-ethyl adjacent to an activating group) is 1. The zero-order chi connectivity index (χ0) is 22.7. The number of aromatic nitrogens is 1. The minimum absolute atomic E-state index is 0.518. The lowest BCUT2D eigenvalue weighted by atomic mass is 9.91. The summed E-state index contributed by atoms with van der Waals surface area (Å²) in [5.74, 6) is 3.05. The van der Waals surface area contributed by atoms with Gasteiger partial charge < -0.3 is 23.5 Å². The molecule has 0 radical (unpaired) electrons. The predicted molar refractivity (Wildman–Crippen MR) is 122 cm³/mol. The summed E-state index contributed by atoms with van der Waals surface area (Å²) in [7, 11) is 6.83. The molecule has 32 heavy (non-hydrogen) atoms. The summed E-state index contributed by atoms with van der Waals surface area (Å²) in [5, 5.41) is 10.9. The van der Waals surface area contributed by atoms with Gasteiger partial charge in [-0.25, -0.2) is 4.98 Å². The number of benzene rings is 1. The number of methoxy groups -OCH3 is 3. The second kappa shape index (κ2) is 9.55. The number of rotatable bonds is 7. The third-order valence-electron chi connectivity index (χ3n) is 5.51. The molecule has 8 heteroatoms. The molecule has 3 aromatic rings. The van der Waals surface area contributed by atoms with Crippen molar-refractivity contribution in [2.45, 2.75) is 23.7 Å². The first-order chi connectivity index (χ1) is 15.6. The molecule has 2 aromatic heterocycles. The standard InChI is InChI=1S/C24H25N3O4S/c1-27-8-7-19-18(13-27)22(15-10-20(28-2)23(30-4)21(11-15)29-3)17(12-25)24(26-19)32-14-16-6-5-9-31-16/h5-6,9-11H,7-8,13-14H2,1-4H3. The molecule has 0 aliphatic carbocycles. The summed E-state index contributed by atoms with van der Waals surface area (Å²) in [6, 6.07) is 9.99. The molecule has 0 bridgehead atoms. The smallest absolute Gasteiger partial charge is 0.203 e. The van der Waals surface area contributed by atoms with Crippen molar-refractivity contribution in [3.05, 3.63) is 53.1 Å². The van der Waals surface area contributed by atoms with Crippen LogP contribution >= 0.6 is 11.8 Å². The zero-order valence-electron chi connectivity index (χ0n) is 18.6. The number of nitrogens with zero attached hydrogens (tertiary/aromatic N) is 3. The van der Waals surface area contributed by atoms with E-state index in [2.05, 4.69) is 18.0 Å². The fourth-order valence-corrected chi connectivity index (χ4v) is 4.87. The van der Waals surface area contributed by atoms with Gasteiger partial charge >= 0.3 is 0 Å². The summed E-state index contributed by atoms with van der Waals surface area (Å²) in [6.07, 6.45) is 2.47. The van der Waals surface area contributed by atoms with E-state index in [9.17, 15) is 5.26 Å². The van der Waals surface area contributed by atoms with Crippen molar-refractivity contribution in [2.75, 3.05) is 34.9 Å². The van der Waals surface area contributed by atoms with Crippen molar-refractivity contribution in [1.29, 1.82) is 5.26 Å². The molecular formula is C24H25N3O4S. The van der Waals surface area contributed by atoms with Crippen LogP contribution in [0.15, 0.2) is 40.0 Å². The van der Waals surface area contributed by atoms with E-state index < -0.39 is 0 Å². The lowest BCUT2D eigenvalue weighted by Gasteiger charge is -2.28. The van der Waals surface area contributed by atoms with Gasteiger partial charge in [-0.2, -0.15) is 5.26 Å². The molecule has 0 unspecified atom stereocenters. The van der Waals surface area contributed by atoms with Gasteiger partial charge in [-0.05, 0) is 42.4 Å². The Bertz CT molecular complexity index is 1130. The van der Waals surface area contributed by atoms with Gasteiger partial charge in [-0.1, -0.05) is 11.8 Å². The Kier molecular flexibility index (Phi) is 6.58. The van der Waals surface area contributed by atoms with Crippen LogP contribution in [0.2, 0.25) is 0 Å². The van der Waals surface area contributed by atoms with Crippen LogP contribution in [0, 0.1) is 11.3 Å². The first kappa shape index (κ1) is 22.1. The Morgan fingerprint density at radius 3 is 2.53 bits per heavy atom.